The molecule has 1 aliphatic rings. The Kier molecular flexibility index (Phi) is 5.12. The minimum Gasteiger partial charge on any atom is -0.468 e. The smallest absolute Gasteiger partial charge is 0.318 e. The molecule has 1 fully saturated rings. The van der Waals surface area contributed by atoms with E-state index < -0.39 is 11.9 Å². The van der Waals surface area contributed by atoms with Crippen LogP contribution in [0.25, 0.3) is 0 Å². The van der Waals surface area contributed by atoms with E-state index in [2.05, 4.69) is 0 Å². The van der Waals surface area contributed by atoms with E-state index in [-0.39, 0.29) is 23.9 Å². The average molecular weight is 242 g/mol. The molecule has 4 heteroatoms. The molecule has 0 aromatic carbocycles. The standard InChI is InChI=1S/C13H22O4/c1-5-6-10-12(13(15)16-4)9(14)7-11(17-10)8(2)3/h8,10-12H,5-7H2,1-4H3/t10-,11-,12+/m0/s1. The average Bonchev–Trinajstić information content (AvgIpc) is 2.28. The summed E-state index contributed by atoms with van der Waals surface area (Å²) >= 11 is 0. The van der Waals surface area contributed by atoms with Crippen molar-refractivity contribution in [3.8, 4) is 0 Å². The molecule has 1 aliphatic heterocycles. The molecule has 0 aliphatic carbocycles. The minimum atomic E-state index is -0.727. The van der Waals surface area contributed by atoms with E-state index in [4.69, 9.17) is 9.47 Å². The lowest BCUT2D eigenvalue weighted by molar-refractivity contribution is -0.170. The number of rotatable bonds is 4. The van der Waals surface area contributed by atoms with E-state index in [1.54, 1.807) is 0 Å². The van der Waals surface area contributed by atoms with Crippen LogP contribution in [-0.4, -0.2) is 31.1 Å². The largest absolute Gasteiger partial charge is 0.468 e. The summed E-state index contributed by atoms with van der Waals surface area (Å²) in [5.41, 5.74) is 0. The normalized spacial score (nSPS) is 29.5. The minimum absolute atomic E-state index is 0.0414. The summed E-state index contributed by atoms with van der Waals surface area (Å²) in [6.45, 7) is 6.07. The molecular formula is C13H22O4. The molecule has 1 heterocycles. The van der Waals surface area contributed by atoms with Gasteiger partial charge in [-0.3, -0.25) is 9.59 Å². The van der Waals surface area contributed by atoms with Crippen LogP contribution in [-0.2, 0) is 19.1 Å². The molecule has 1 rings (SSSR count). The van der Waals surface area contributed by atoms with Crippen LogP contribution in [0.15, 0.2) is 0 Å². The van der Waals surface area contributed by atoms with E-state index >= 15 is 0 Å². The third-order valence-corrected chi connectivity index (χ3v) is 3.24. The van der Waals surface area contributed by atoms with Crippen LogP contribution >= 0.6 is 0 Å². The Morgan fingerprint density at radius 3 is 2.65 bits per heavy atom. The first kappa shape index (κ1) is 14.2. The summed E-state index contributed by atoms with van der Waals surface area (Å²) in [5, 5.41) is 0. The van der Waals surface area contributed by atoms with Crippen LogP contribution in [0.4, 0.5) is 0 Å². The number of esters is 1. The molecule has 0 N–H and O–H groups in total. The zero-order valence-corrected chi connectivity index (χ0v) is 11.1. The van der Waals surface area contributed by atoms with Crippen molar-refractivity contribution in [2.24, 2.45) is 11.8 Å². The maximum Gasteiger partial charge on any atom is 0.318 e. The lowest BCUT2D eigenvalue weighted by Gasteiger charge is -2.35. The fraction of sp³-hybridized carbons (Fsp3) is 0.846. The van der Waals surface area contributed by atoms with Gasteiger partial charge in [0.2, 0.25) is 0 Å². The van der Waals surface area contributed by atoms with Crippen molar-refractivity contribution in [1.29, 1.82) is 0 Å². The fourth-order valence-corrected chi connectivity index (χ4v) is 2.21. The number of hydrogen-bond donors (Lipinski definition) is 0. The summed E-state index contributed by atoms with van der Waals surface area (Å²) in [7, 11) is 1.31. The predicted octanol–water partition coefficient (Wildman–Crippen LogP) is 1.96. The Balaban J connectivity index is 2.82. The van der Waals surface area contributed by atoms with Crippen LogP contribution in [0.5, 0.6) is 0 Å². The number of ether oxygens (including phenoxy) is 2. The van der Waals surface area contributed by atoms with Gasteiger partial charge in [0, 0.05) is 6.42 Å². The molecule has 0 spiro atoms. The van der Waals surface area contributed by atoms with Crippen molar-refractivity contribution in [1.82, 2.24) is 0 Å². The highest BCUT2D eigenvalue weighted by Gasteiger charge is 2.42. The van der Waals surface area contributed by atoms with Crippen molar-refractivity contribution in [2.45, 2.75) is 52.2 Å². The first-order valence-corrected chi connectivity index (χ1v) is 6.27. The summed E-state index contributed by atoms with van der Waals surface area (Å²) < 4.78 is 10.6. The summed E-state index contributed by atoms with van der Waals surface area (Å²) in [4.78, 5) is 23.6. The van der Waals surface area contributed by atoms with E-state index in [0.29, 0.717) is 12.8 Å². The number of carbonyl (C=O) groups excluding carboxylic acids is 2. The summed E-state index contributed by atoms with van der Waals surface area (Å²) in [5.74, 6) is -0.942. The highest BCUT2D eigenvalue weighted by molar-refractivity contribution is 6.00. The van der Waals surface area contributed by atoms with Crippen molar-refractivity contribution >= 4 is 11.8 Å². The molecular weight excluding hydrogens is 220 g/mol. The zero-order valence-electron chi connectivity index (χ0n) is 11.1. The molecule has 4 nitrogen and oxygen atoms in total. The monoisotopic (exact) mass is 242 g/mol. The third-order valence-electron chi connectivity index (χ3n) is 3.24. The summed E-state index contributed by atoms with van der Waals surface area (Å²) in [6, 6.07) is 0. The fourth-order valence-electron chi connectivity index (χ4n) is 2.21. The van der Waals surface area contributed by atoms with Gasteiger partial charge in [-0.25, -0.2) is 0 Å². The Labute approximate surface area is 103 Å². The molecule has 0 bridgehead atoms. The molecule has 3 atom stereocenters. The lowest BCUT2D eigenvalue weighted by Crippen LogP contribution is -2.47. The van der Waals surface area contributed by atoms with Crippen LogP contribution in [0.1, 0.15) is 40.0 Å². The van der Waals surface area contributed by atoms with Crippen LogP contribution < -0.4 is 0 Å². The van der Waals surface area contributed by atoms with Crippen LogP contribution in [0.3, 0.4) is 0 Å². The molecule has 0 unspecified atom stereocenters. The maximum atomic E-state index is 12.0. The van der Waals surface area contributed by atoms with Crippen molar-refractivity contribution in [3.05, 3.63) is 0 Å². The van der Waals surface area contributed by atoms with E-state index in [1.807, 2.05) is 20.8 Å². The first-order chi connectivity index (χ1) is 8.01. The number of methoxy groups -OCH3 is 1. The van der Waals surface area contributed by atoms with E-state index in [9.17, 15) is 9.59 Å². The SMILES string of the molecule is CCC[C@@H]1O[C@H](C(C)C)CC(=O)[C@H]1C(=O)OC. The Morgan fingerprint density at radius 2 is 2.18 bits per heavy atom. The Hall–Kier alpha value is -0.900. The molecule has 0 amide bonds. The number of ketones is 1. The molecule has 17 heavy (non-hydrogen) atoms. The van der Waals surface area contributed by atoms with Crippen LogP contribution in [0.2, 0.25) is 0 Å². The quantitative estimate of drug-likeness (QED) is 0.558. The van der Waals surface area contributed by atoms with Gasteiger partial charge in [0.1, 0.15) is 5.92 Å². The van der Waals surface area contributed by atoms with Gasteiger partial charge in [-0.1, -0.05) is 27.2 Å². The first-order valence-electron chi connectivity index (χ1n) is 6.27. The Morgan fingerprint density at radius 1 is 1.53 bits per heavy atom. The van der Waals surface area contributed by atoms with Crippen LogP contribution in [0, 0.1) is 11.8 Å². The lowest BCUT2D eigenvalue weighted by atomic mass is 9.85. The maximum absolute atomic E-state index is 12.0. The van der Waals surface area contributed by atoms with Gasteiger partial charge in [-0.15, -0.1) is 0 Å². The predicted molar refractivity (Wildman–Crippen MR) is 63.5 cm³/mol. The molecule has 0 radical (unpaired) electrons. The van der Waals surface area contributed by atoms with E-state index in [1.165, 1.54) is 7.11 Å². The topological polar surface area (TPSA) is 52.6 Å². The van der Waals surface area contributed by atoms with Crippen molar-refractivity contribution in [2.75, 3.05) is 7.11 Å². The van der Waals surface area contributed by atoms with Crippen molar-refractivity contribution < 1.29 is 19.1 Å². The van der Waals surface area contributed by atoms with Gasteiger partial charge in [0.15, 0.2) is 5.78 Å². The van der Waals surface area contributed by atoms with Gasteiger partial charge in [0.05, 0.1) is 19.3 Å². The molecule has 0 aromatic heterocycles. The van der Waals surface area contributed by atoms with Gasteiger partial charge in [0.25, 0.3) is 0 Å². The summed E-state index contributed by atoms with van der Waals surface area (Å²) in [6.07, 6.45) is 1.53. The third kappa shape index (κ3) is 3.28. The van der Waals surface area contributed by atoms with Gasteiger partial charge in [-0.2, -0.15) is 0 Å². The Bertz CT molecular complexity index is 285. The zero-order chi connectivity index (χ0) is 13.0. The molecule has 1 saturated heterocycles. The number of Topliss-reactive ketones (excluding diaryl/α,β-unsaturated/α-hetero) is 1. The number of hydrogen-bond acceptors (Lipinski definition) is 4. The molecule has 98 valence electrons. The van der Waals surface area contributed by atoms with Crippen molar-refractivity contribution in [3.63, 3.8) is 0 Å². The molecule has 0 saturated carbocycles. The van der Waals surface area contributed by atoms with Gasteiger partial charge < -0.3 is 9.47 Å². The highest BCUT2D eigenvalue weighted by Crippen LogP contribution is 2.29. The molecule has 0 aromatic rings. The highest BCUT2D eigenvalue weighted by atomic mass is 16.5. The van der Waals surface area contributed by atoms with Gasteiger partial charge in [-0.05, 0) is 12.3 Å². The van der Waals surface area contributed by atoms with Gasteiger partial charge >= 0.3 is 5.97 Å². The second-order valence-corrected chi connectivity index (χ2v) is 4.92. The second kappa shape index (κ2) is 6.15. The second-order valence-electron chi connectivity index (χ2n) is 4.92. The van der Waals surface area contributed by atoms with E-state index in [0.717, 1.165) is 6.42 Å². The number of carbonyl (C=O) groups is 2.